The average molecular weight is 355 g/mol. The largest absolute Gasteiger partial charge is 0.400 e. The number of nitrogens with one attached hydrogen (secondary N) is 2. The van der Waals surface area contributed by atoms with Gasteiger partial charge in [-0.05, 0) is 35.9 Å². The summed E-state index contributed by atoms with van der Waals surface area (Å²) in [5, 5.41) is 5.14. The molecule has 0 aliphatic carbocycles. The van der Waals surface area contributed by atoms with Crippen molar-refractivity contribution in [2.24, 2.45) is 0 Å². The highest BCUT2D eigenvalue weighted by molar-refractivity contribution is 6.21. The minimum Gasteiger partial charge on any atom is -0.383 e. The molecular formula is C14H9ClF2N4O3. The second-order valence-corrected chi connectivity index (χ2v) is 5.26. The molecule has 0 fully saturated rings. The van der Waals surface area contributed by atoms with Crippen molar-refractivity contribution in [1.29, 1.82) is 0 Å². The van der Waals surface area contributed by atoms with E-state index >= 15 is 0 Å². The Kier molecular flexibility index (Phi) is 3.80. The van der Waals surface area contributed by atoms with Gasteiger partial charge in [0.2, 0.25) is 5.82 Å². The van der Waals surface area contributed by atoms with Crippen molar-refractivity contribution < 1.29 is 13.3 Å². The van der Waals surface area contributed by atoms with E-state index in [-0.39, 0.29) is 17.2 Å². The molecule has 0 amide bonds. The molecule has 2 aromatic carbocycles. The number of hydrogen-bond acceptors (Lipinski definition) is 7. The van der Waals surface area contributed by atoms with E-state index in [1.807, 2.05) is 0 Å². The van der Waals surface area contributed by atoms with Crippen molar-refractivity contribution in [3.8, 4) is 11.4 Å². The normalized spacial score (nSPS) is 11.7. The van der Waals surface area contributed by atoms with E-state index in [2.05, 4.69) is 25.3 Å². The standard InChI is InChI=1S/C14H9ClF2N4O3/c1-18-8-9(11(23)10(8)22)19-7-4-2-6(3-5-7)12-20-13(24-21-12)14(15,16)17/h2-5,18-19H,1H3. The summed E-state index contributed by atoms with van der Waals surface area (Å²) in [6, 6.07) is 6.21. The van der Waals surface area contributed by atoms with E-state index in [0.29, 0.717) is 11.3 Å². The molecule has 10 heteroatoms. The summed E-state index contributed by atoms with van der Waals surface area (Å²) in [7, 11) is 1.53. The molecule has 0 aliphatic rings. The minimum absolute atomic E-state index is 0.0538. The van der Waals surface area contributed by atoms with Crippen LogP contribution in [0, 0.1) is 0 Å². The third-order valence-electron chi connectivity index (χ3n) is 3.24. The number of hydrogen-bond donors (Lipinski definition) is 2. The maximum Gasteiger partial charge on any atom is 0.400 e. The molecule has 24 heavy (non-hydrogen) atoms. The van der Waals surface area contributed by atoms with Crippen LogP contribution >= 0.6 is 11.6 Å². The number of benzene rings is 1. The first kappa shape index (κ1) is 16.1. The van der Waals surface area contributed by atoms with Crippen molar-refractivity contribution in [3.63, 3.8) is 0 Å². The van der Waals surface area contributed by atoms with Gasteiger partial charge in [-0.1, -0.05) is 5.16 Å². The lowest BCUT2D eigenvalue weighted by Crippen LogP contribution is -2.35. The predicted molar refractivity (Wildman–Crippen MR) is 83.7 cm³/mol. The van der Waals surface area contributed by atoms with E-state index in [9.17, 15) is 18.4 Å². The number of nitrogens with zero attached hydrogens (tertiary/aromatic N) is 2. The zero-order valence-electron chi connectivity index (χ0n) is 12.1. The zero-order valence-corrected chi connectivity index (χ0v) is 12.8. The fourth-order valence-corrected chi connectivity index (χ4v) is 2.13. The third kappa shape index (κ3) is 2.73. The molecule has 0 bridgehead atoms. The van der Waals surface area contributed by atoms with E-state index in [1.54, 1.807) is 12.1 Å². The van der Waals surface area contributed by atoms with Gasteiger partial charge in [0.05, 0.1) is 0 Å². The molecule has 124 valence electrons. The topological polar surface area (TPSA) is 97.1 Å². The van der Waals surface area contributed by atoms with E-state index in [4.69, 9.17) is 11.6 Å². The van der Waals surface area contributed by atoms with Crippen LogP contribution in [-0.2, 0) is 5.38 Å². The number of alkyl halides is 3. The summed E-state index contributed by atoms with van der Waals surface area (Å²) in [4.78, 5) is 26.3. The van der Waals surface area contributed by atoms with Gasteiger partial charge in [0, 0.05) is 18.3 Å². The monoisotopic (exact) mass is 354 g/mol. The second-order valence-electron chi connectivity index (χ2n) is 4.78. The summed E-state index contributed by atoms with van der Waals surface area (Å²) >= 11 is 4.81. The highest BCUT2D eigenvalue weighted by Gasteiger charge is 2.35. The lowest BCUT2D eigenvalue weighted by Gasteiger charge is -2.12. The SMILES string of the molecule is CNc1c(Nc2ccc(-c3noc(C(F)(F)Cl)n3)cc2)c(=O)c1=O. The maximum absolute atomic E-state index is 12.9. The lowest BCUT2D eigenvalue weighted by atomic mass is 10.1. The summed E-state index contributed by atoms with van der Waals surface area (Å²) < 4.78 is 30.1. The Morgan fingerprint density at radius 1 is 1.12 bits per heavy atom. The molecule has 1 heterocycles. The number of anilines is 3. The third-order valence-corrected chi connectivity index (χ3v) is 3.40. The molecule has 0 unspecified atom stereocenters. The Morgan fingerprint density at radius 3 is 2.29 bits per heavy atom. The Hall–Kier alpha value is -2.81. The van der Waals surface area contributed by atoms with Crippen LogP contribution in [0.2, 0.25) is 0 Å². The van der Waals surface area contributed by atoms with Crippen LogP contribution in [0.4, 0.5) is 25.8 Å². The average Bonchev–Trinajstić information content (AvgIpc) is 3.05. The first-order chi connectivity index (χ1) is 11.3. The molecule has 0 atom stereocenters. The van der Waals surface area contributed by atoms with Crippen LogP contribution in [0.5, 0.6) is 0 Å². The van der Waals surface area contributed by atoms with Gasteiger partial charge in [0.25, 0.3) is 10.9 Å². The molecule has 2 N–H and O–H groups in total. The highest BCUT2D eigenvalue weighted by Crippen LogP contribution is 2.32. The van der Waals surface area contributed by atoms with Crippen LogP contribution in [0.1, 0.15) is 5.89 Å². The van der Waals surface area contributed by atoms with E-state index in [0.717, 1.165) is 0 Å². The number of rotatable bonds is 5. The van der Waals surface area contributed by atoms with Gasteiger partial charge < -0.3 is 15.2 Å². The van der Waals surface area contributed by atoms with E-state index < -0.39 is 22.1 Å². The van der Waals surface area contributed by atoms with Gasteiger partial charge in [-0.2, -0.15) is 13.8 Å². The van der Waals surface area contributed by atoms with Crippen molar-refractivity contribution in [3.05, 3.63) is 50.6 Å². The van der Waals surface area contributed by atoms with Crippen LogP contribution in [0.3, 0.4) is 0 Å². The first-order valence-corrected chi connectivity index (χ1v) is 6.98. The van der Waals surface area contributed by atoms with Crippen LogP contribution in [0.15, 0.2) is 38.4 Å². The van der Waals surface area contributed by atoms with Gasteiger partial charge >= 0.3 is 11.3 Å². The van der Waals surface area contributed by atoms with Crippen LogP contribution < -0.4 is 21.5 Å². The summed E-state index contributed by atoms with van der Waals surface area (Å²) in [6.45, 7) is 0. The van der Waals surface area contributed by atoms with Gasteiger partial charge in [0.1, 0.15) is 11.4 Å². The smallest absolute Gasteiger partial charge is 0.383 e. The van der Waals surface area contributed by atoms with Gasteiger partial charge in [0.15, 0.2) is 0 Å². The maximum atomic E-state index is 12.9. The molecule has 0 aliphatic heterocycles. The Balaban J connectivity index is 1.81. The molecular weight excluding hydrogens is 346 g/mol. The minimum atomic E-state index is -3.74. The Bertz CT molecular complexity index is 956. The van der Waals surface area contributed by atoms with Crippen molar-refractivity contribution in [2.75, 3.05) is 17.7 Å². The molecule has 0 radical (unpaired) electrons. The van der Waals surface area contributed by atoms with Gasteiger partial charge in [-0.3, -0.25) is 9.59 Å². The zero-order chi connectivity index (χ0) is 17.5. The molecule has 3 aromatic rings. The van der Waals surface area contributed by atoms with Crippen molar-refractivity contribution in [1.82, 2.24) is 10.1 Å². The Labute approximate surface area is 137 Å². The first-order valence-electron chi connectivity index (χ1n) is 6.60. The second kappa shape index (κ2) is 5.68. The molecule has 0 saturated carbocycles. The molecule has 0 saturated heterocycles. The van der Waals surface area contributed by atoms with E-state index in [1.165, 1.54) is 19.2 Å². The molecule has 3 rings (SSSR count). The quantitative estimate of drug-likeness (QED) is 0.536. The van der Waals surface area contributed by atoms with Crippen molar-refractivity contribution >= 4 is 28.7 Å². The molecule has 7 nitrogen and oxygen atoms in total. The fourth-order valence-electron chi connectivity index (χ4n) is 2.05. The lowest BCUT2D eigenvalue weighted by molar-refractivity contribution is 0.0551. The van der Waals surface area contributed by atoms with Crippen LogP contribution in [0.25, 0.3) is 11.4 Å². The fraction of sp³-hybridized carbons (Fsp3) is 0.143. The molecule has 0 spiro atoms. The summed E-state index contributed by atoms with van der Waals surface area (Å²) in [6.07, 6.45) is 0. The van der Waals surface area contributed by atoms with Crippen LogP contribution in [-0.4, -0.2) is 17.2 Å². The van der Waals surface area contributed by atoms with Crippen molar-refractivity contribution in [2.45, 2.75) is 5.38 Å². The van der Waals surface area contributed by atoms with Gasteiger partial charge in [-0.25, -0.2) is 0 Å². The summed E-state index contributed by atoms with van der Waals surface area (Å²) in [5.74, 6) is -1.05. The predicted octanol–water partition coefficient (Wildman–Crippen LogP) is 2.41. The Morgan fingerprint density at radius 2 is 1.75 bits per heavy atom. The summed E-state index contributed by atoms with van der Waals surface area (Å²) in [5.41, 5.74) is 0.104. The molecule has 1 aromatic heterocycles. The number of halogens is 3. The van der Waals surface area contributed by atoms with Gasteiger partial charge in [-0.15, -0.1) is 0 Å². The highest BCUT2D eigenvalue weighted by atomic mass is 35.5. The number of aromatic nitrogens is 2.